The average molecular weight is 911 g/mol. The highest BCUT2D eigenvalue weighted by Gasteiger charge is 2.57. The zero-order valence-electron chi connectivity index (χ0n) is 37.2. The minimum absolute atomic E-state index is 0.0169. The Labute approximate surface area is 369 Å². The van der Waals surface area contributed by atoms with E-state index in [1.165, 1.54) is 20.8 Å². The first kappa shape index (κ1) is 52.3. The fraction of sp³-hybridized carbons (Fsp3) is 0.953. The Hall–Kier alpha value is -1.70. The Balaban J connectivity index is 1.53. The predicted molar refractivity (Wildman–Crippen MR) is 216 cm³/mol. The topological polar surface area (TPSA) is 288 Å². The molecule has 0 radical (unpaired) electrons. The lowest BCUT2D eigenvalue weighted by Crippen LogP contribution is -2.67. The van der Waals surface area contributed by atoms with Gasteiger partial charge in [-0.05, 0) is 40.0 Å². The molecule has 5 aliphatic rings. The van der Waals surface area contributed by atoms with Crippen LogP contribution in [0.25, 0.3) is 0 Å². The molecule has 2 bridgehead atoms. The van der Waals surface area contributed by atoms with Gasteiger partial charge in [0.2, 0.25) is 0 Å². The van der Waals surface area contributed by atoms with Crippen molar-refractivity contribution in [3.8, 4) is 0 Å². The standard InChI is InChI=1S/C43H74O20/c1-6-8-14-17-24-18-15-12-10-9-11-13-16-19-27(46)60-38-35(61-40-34(53)31(50)28(47)21(3)54-40)23(5)56-43(39(38)59-26(45)7-2)63-37-33(52)30(49)25(20-44)58-42(37)62-36-32(51)29(48)22(4)55-41(36)57-24/h21-25,28-44,47-53H,6-20H2,1-5H3/t21-,22-,23+,24+,25-,28-,29-,30+,31+,32+,33+,34-,35+,36-,37-,38-,39+,40+,41+,42+,43+/m1/s1. The molecule has 20 heteroatoms. The molecule has 5 aliphatic heterocycles. The second-order valence-corrected chi connectivity index (χ2v) is 17.6. The van der Waals surface area contributed by atoms with Crippen molar-refractivity contribution in [1.29, 1.82) is 0 Å². The third-order valence-electron chi connectivity index (χ3n) is 12.7. The van der Waals surface area contributed by atoms with Crippen molar-refractivity contribution in [3.05, 3.63) is 0 Å². The minimum atomic E-state index is -1.89. The lowest BCUT2D eigenvalue weighted by molar-refractivity contribution is -0.399. The summed E-state index contributed by atoms with van der Waals surface area (Å²) in [5, 5.41) is 87.4. The third kappa shape index (κ3) is 13.5. The maximum Gasteiger partial charge on any atom is 0.306 e. The van der Waals surface area contributed by atoms with E-state index in [2.05, 4.69) is 6.92 Å². The number of fused-ring (bicyclic) bond motifs is 4. The molecule has 0 unspecified atom stereocenters. The van der Waals surface area contributed by atoms with Gasteiger partial charge in [0.25, 0.3) is 0 Å². The number of carbonyl (C=O) groups is 2. The van der Waals surface area contributed by atoms with E-state index >= 15 is 0 Å². The number of aliphatic hydroxyl groups is 8. The fourth-order valence-corrected chi connectivity index (χ4v) is 8.75. The van der Waals surface area contributed by atoms with Gasteiger partial charge in [-0.25, -0.2) is 0 Å². The first-order valence-corrected chi connectivity index (χ1v) is 23.1. The molecule has 5 saturated heterocycles. The molecule has 21 atom stereocenters. The number of hydrogen-bond acceptors (Lipinski definition) is 20. The zero-order valence-corrected chi connectivity index (χ0v) is 37.2. The Morgan fingerprint density at radius 3 is 1.86 bits per heavy atom. The summed E-state index contributed by atoms with van der Waals surface area (Å²) in [4.78, 5) is 26.8. The van der Waals surface area contributed by atoms with E-state index in [1.54, 1.807) is 6.92 Å². The minimum Gasteiger partial charge on any atom is -0.455 e. The first-order valence-electron chi connectivity index (χ1n) is 23.1. The van der Waals surface area contributed by atoms with Gasteiger partial charge in [-0.1, -0.05) is 71.6 Å². The Bertz CT molecular complexity index is 1380. The van der Waals surface area contributed by atoms with E-state index < -0.39 is 141 Å². The van der Waals surface area contributed by atoms with Gasteiger partial charge in [0.05, 0.1) is 31.0 Å². The van der Waals surface area contributed by atoms with E-state index in [0.717, 1.165) is 57.8 Å². The van der Waals surface area contributed by atoms with Crippen LogP contribution in [0.2, 0.25) is 0 Å². The van der Waals surface area contributed by atoms with E-state index in [9.17, 15) is 50.4 Å². The fourth-order valence-electron chi connectivity index (χ4n) is 8.75. The Morgan fingerprint density at radius 2 is 1.19 bits per heavy atom. The summed E-state index contributed by atoms with van der Waals surface area (Å²) in [6.45, 7) is 7.38. The van der Waals surface area contributed by atoms with Crippen LogP contribution in [0.15, 0.2) is 0 Å². The lowest BCUT2D eigenvalue weighted by Gasteiger charge is -2.50. The number of carbonyl (C=O) groups excluding carboxylic acids is 2. The molecule has 20 nitrogen and oxygen atoms in total. The second kappa shape index (κ2) is 24.9. The van der Waals surface area contributed by atoms with E-state index in [0.29, 0.717) is 19.3 Å². The molecule has 63 heavy (non-hydrogen) atoms. The summed E-state index contributed by atoms with van der Waals surface area (Å²) in [5.74, 6) is -1.47. The predicted octanol–water partition coefficient (Wildman–Crippen LogP) is 0.344. The van der Waals surface area contributed by atoms with Crippen LogP contribution < -0.4 is 0 Å². The third-order valence-corrected chi connectivity index (χ3v) is 12.7. The largest absolute Gasteiger partial charge is 0.455 e. The van der Waals surface area contributed by atoms with Gasteiger partial charge < -0.3 is 88.2 Å². The van der Waals surface area contributed by atoms with Crippen LogP contribution in [0.5, 0.6) is 0 Å². The number of esters is 2. The summed E-state index contributed by atoms with van der Waals surface area (Å²) in [5.41, 5.74) is 0. The quantitative estimate of drug-likeness (QED) is 0.114. The van der Waals surface area contributed by atoms with E-state index in [-0.39, 0.29) is 18.9 Å². The van der Waals surface area contributed by atoms with Crippen molar-refractivity contribution in [2.75, 3.05) is 6.61 Å². The lowest BCUT2D eigenvalue weighted by atomic mass is 9.95. The molecule has 0 spiro atoms. The highest BCUT2D eigenvalue weighted by Crippen LogP contribution is 2.37. The monoisotopic (exact) mass is 910 g/mol. The maximum absolute atomic E-state index is 13.7. The molecule has 5 heterocycles. The molecule has 0 aromatic rings. The number of rotatable bonds is 9. The van der Waals surface area contributed by atoms with E-state index in [4.69, 9.17) is 47.4 Å². The van der Waals surface area contributed by atoms with Gasteiger partial charge in [-0.2, -0.15) is 0 Å². The number of unbranched alkanes of at least 4 members (excludes halogenated alkanes) is 2. The number of aliphatic hydroxyl groups excluding tert-OH is 8. The smallest absolute Gasteiger partial charge is 0.306 e. The van der Waals surface area contributed by atoms with Crippen molar-refractivity contribution in [1.82, 2.24) is 0 Å². The van der Waals surface area contributed by atoms with Crippen LogP contribution in [0.1, 0.15) is 125 Å². The van der Waals surface area contributed by atoms with Crippen LogP contribution in [-0.4, -0.2) is 188 Å². The van der Waals surface area contributed by atoms with Gasteiger partial charge in [0.15, 0.2) is 37.4 Å². The summed E-state index contributed by atoms with van der Waals surface area (Å²) >= 11 is 0. The van der Waals surface area contributed by atoms with Gasteiger partial charge >= 0.3 is 11.9 Å². The average Bonchev–Trinajstić information content (AvgIpc) is 3.25. The molecule has 0 amide bonds. The molecular formula is C43H74O20. The maximum atomic E-state index is 13.7. The van der Waals surface area contributed by atoms with Crippen LogP contribution >= 0.6 is 0 Å². The van der Waals surface area contributed by atoms with Crippen molar-refractivity contribution in [3.63, 3.8) is 0 Å². The van der Waals surface area contributed by atoms with Crippen LogP contribution in [0.3, 0.4) is 0 Å². The highest BCUT2D eigenvalue weighted by atomic mass is 16.8. The number of ether oxygens (including phenoxy) is 10. The van der Waals surface area contributed by atoms with Crippen molar-refractivity contribution in [2.24, 2.45) is 0 Å². The molecule has 366 valence electrons. The van der Waals surface area contributed by atoms with Gasteiger partial charge in [0, 0.05) is 12.8 Å². The second-order valence-electron chi connectivity index (χ2n) is 17.6. The summed E-state index contributed by atoms with van der Waals surface area (Å²) in [6, 6.07) is 0. The van der Waals surface area contributed by atoms with Crippen molar-refractivity contribution >= 4 is 11.9 Å². The number of hydrogen-bond donors (Lipinski definition) is 8. The molecule has 0 aliphatic carbocycles. The molecular weight excluding hydrogens is 836 g/mol. The zero-order chi connectivity index (χ0) is 46.0. The van der Waals surface area contributed by atoms with Crippen molar-refractivity contribution in [2.45, 2.75) is 253 Å². The van der Waals surface area contributed by atoms with Crippen molar-refractivity contribution < 1.29 is 97.8 Å². The van der Waals surface area contributed by atoms with E-state index in [1.807, 2.05) is 0 Å². The normalized spacial score (nSPS) is 45.3. The summed E-state index contributed by atoms with van der Waals surface area (Å²) in [6.07, 6.45) is -20.7. The molecule has 5 fully saturated rings. The molecule has 0 aromatic heterocycles. The van der Waals surface area contributed by atoms with Crippen LogP contribution in [0, 0.1) is 0 Å². The van der Waals surface area contributed by atoms with Crippen LogP contribution in [-0.2, 0) is 57.0 Å². The van der Waals surface area contributed by atoms with Gasteiger partial charge in [-0.3, -0.25) is 9.59 Å². The summed E-state index contributed by atoms with van der Waals surface area (Å²) < 4.78 is 61.5. The molecule has 8 N–H and O–H groups in total. The first-order chi connectivity index (χ1) is 30.1. The van der Waals surface area contributed by atoms with Crippen LogP contribution in [0.4, 0.5) is 0 Å². The highest BCUT2D eigenvalue weighted by molar-refractivity contribution is 5.70. The molecule has 0 saturated carbocycles. The van der Waals surface area contributed by atoms with Gasteiger partial charge in [-0.15, -0.1) is 0 Å². The SMILES string of the molecule is CCCCC[C@H]1CCCCCCCCCC(=O)O[C@H]2[C@H](OC(=O)CC)[C@H](O[C@H]3[C@H](O[C@H]4[C@H](O1)O[C@H](C)[C@@H](O)[C@@H]4O)O[C@H](CO)[C@H](O)[C@@H]3O)O[C@@H](C)[C@@H]2O[C@@H]1O[C@H](C)[C@@H](O)[C@H](O)[C@H]1O. The molecule has 5 rings (SSSR count). The Morgan fingerprint density at radius 1 is 0.603 bits per heavy atom. The molecule has 0 aromatic carbocycles. The van der Waals surface area contributed by atoms with Gasteiger partial charge in [0.1, 0.15) is 67.1 Å². The Kier molecular flexibility index (Phi) is 20.7. The summed E-state index contributed by atoms with van der Waals surface area (Å²) in [7, 11) is 0.